The molecule has 0 N–H and O–H groups in total. The number of halogens is 1. The van der Waals surface area contributed by atoms with Gasteiger partial charge in [-0.15, -0.1) is 11.6 Å². The molecule has 0 heterocycles. The second kappa shape index (κ2) is 5.86. The summed E-state index contributed by atoms with van der Waals surface area (Å²) < 4.78 is 10.4. The van der Waals surface area contributed by atoms with E-state index < -0.39 is 0 Å². The van der Waals surface area contributed by atoms with Gasteiger partial charge in [0.05, 0.1) is 14.2 Å². The van der Waals surface area contributed by atoms with E-state index in [2.05, 4.69) is 6.92 Å². The van der Waals surface area contributed by atoms with E-state index in [9.17, 15) is 0 Å². The summed E-state index contributed by atoms with van der Waals surface area (Å²) in [6.45, 7) is 2.13. The molecule has 0 aliphatic carbocycles. The van der Waals surface area contributed by atoms with Gasteiger partial charge in [0.25, 0.3) is 0 Å². The van der Waals surface area contributed by atoms with Crippen LogP contribution in [-0.2, 0) is 6.42 Å². The highest BCUT2D eigenvalue weighted by atomic mass is 35.5. The predicted molar refractivity (Wildman–Crippen MR) is 63.1 cm³/mol. The molecule has 0 saturated carbocycles. The van der Waals surface area contributed by atoms with Gasteiger partial charge in [-0.25, -0.2) is 0 Å². The first-order valence-corrected chi connectivity index (χ1v) is 5.51. The van der Waals surface area contributed by atoms with Crippen molar-refractivity contribution in [2.75, 3.05) is 20.1 Å². The van der Waals surface area contributed by atoms with Crippen LogP contribution >= 0.6 is 11.6 Å². The molecule has 1 rings (SSSR count). The van der Waals surface area contributed by atoms with E-state index in [0.29, 0.717) is 11.8 Å². The summed E-state index contributed by atoms with van der Waals surface area (Å²) in [6, 6.07) is 5.97. The normalized spacial score (nSPS) is 12.3. The summed E-state index contributed by atoms with van der Waals surface area (Å²) in [5.74, 6) is 2.69. The van der Waals surface area contributed by atoms with Crippen LogP contribution < -0.4 is 9.47 Å². The molecule has 0 radical (unpaired) electrons. The molecule has 3 heteroatoms. The number of rotatable bonds is 5. The van der Waals surface area contributed by atoms with Crippen molar-refractivity contribution in [1.29, 1.82) is 0 Å². The van der Waals surface area contributed by atoms with Crippen LogP contribution in [0.5, 0.6) is 11.5 Å². The Kier molecular flexibility index (Phi) is 4.76. The van der Waals surface area contributed by atoms with Gasteiger partial charge in [-0.1, -0.05) is 13.0 Å². The average Bonchev–Trinajstić information content (AvgIpc) is 2.28. The molecule has 0 fully saturated rings. The quantitative estimate of drug-likeness (QED) is 0.721. The summed E-state index contributed by atoms with van der Waals surface area (Å²) in [4.78, 5) is 0. The van der Waals surface area contributed by atoms with Crippen molar-refractivity contribution in [1.82, 2.24) is 0 Å². The highest BCUT2D eigenvalue weighted by Gasteiger charge is 2.07. The fourth-order valence-electron chi connectivity index (χ4n) is 1.46. The minimum Gasteiger partial charge on any atom is -0.493 e. The Hall–Kier alpha value is -0.890. The van der Waals surface area contributed by atoms with Crippen molar-refractivity contribution in [2.24, 2.45) is 5.92 Å². The lowest BCUT2D eigenvalue weighted by Crippen LogP contribution is -2.01. The van der Waals surface area contributed by atoms with Crippen LogP contribution in [0, 0.1) is 5.92 Å². The van der Waals surface area contributed by atoms with E-state index in [4.69, 9.17) is 21.1 Å². The first-order chi connectivity index (χ1) is 7.21. The zero-order valence-corrected chi connectivity index (χ0v) is 10.2. The molecule has 0 aliphatic heterocycles. The van der Waals surface area contributed by atoms with Crippen LogP contribution in [0.3, 0.4) is 0 Å². The van der Waals surface area contributed by atoms with E-state index in [-0.39, 0.29) is 0 Å². The number of hydrogen-bond donors (Lipinski definition) is 0. The monoisotopic (exact) mass is 228 g/mol. The Morgan fingerprint density at radius 2 is 1.87 bits per heavy atom. The van der Waals surface area contributed by atoms with Gasteiger partial charge in [-0.2, -0.15) is 0 Å². The first-order valence-electron chi connectivity index (χ1n) is 4.98. The van der Waals surface area contributed by atoms with Gasteiger partial charge in [0, 0.05) is 5.88 Å². The molecule has 0 spiro atoms. The SMILES string of the molecule is COc1ccc(CC(C)CCl)cc1OC. The minimum atomic E-state index is 0.477. The molecule has 0 aliphatic rings. The van der Waals surface area contributed by atoms with Crippen LogP contribution in [0.1, 0.15) is 12.5 Å². The third-order valence-electron chi connectivity index (χ3n) is 2.30. The molecule has 1 unspecified atom stereocenters. The lowest BCUT2D eigenvalue weighted by molar-refractivity contribution is 0.354. The van der Waals surface area contributed by atoms with Crippen molar-refractivity contribution < 1.29 is 9.47 Å². The second-order valence-corrected chi connectivity index (χ2v) is 3.96. The van der Waals surface area contributed by atoms with Crippen molar-refractivity contribution in [2.45, 2.75) is 13.3 Å². The molecule has 84 valence electrons. The van der Waals surface area contributed by atoms with Gasteiger partial charge in [0.15, 0.2) is 11.5 Å². The summed E-state index contributed by atoms with van der Waals surface area (Å²) in [6.07, 6.45) is 0.962. The number of alkyl halides is 1. The summed E-state index contributed by atoms with van der Waals surface area (Å²) >= 11 is 5.78. The third kappa shape index (κ3) is 3.31. The van der Waals surface area contributed by atoms with Gasteiger partial charge in [-0.05, 0) is 30.0 Å². The molecule has 0 aromatic heterocycles. The molecular weight excluding hydrogens is 212 g/mol. The van der Waals surface area contributed by atoms with E-state index >= 15 is 0 Å². The molecule has 0 bridgehead atoms. The first kappa shape index (κ1) is 12.2. The van der Waals surface area contributed by atoms with Crippen LogP contribution in [0.15, 0.2) is 18.2 Å². The summed E-state index contributed by atoms with van der Waals surface area (Å²) in [5.41, 5.74) is 1.22. The number of ether oxygens (including phenoxy) is 2. The lowest BCUT2D eigenvalue weighted by Gasteiger charge is -2.11. The van der Waals surface area contributed by atoms with E-state index in [1.807, 2.05) is 18.2 Å². The fourth-order valence-corrected chi connectivity index (χ4v) is 1.57. The van der Waals surface area contributed by atoms with Gasteiger partial charge in [0.2, 0.25) is 0 Å². The number of methoxy groups -OCH3 is 2. The maximum absolute atomic E-state index is 5.78. The fraction of sp³-hybridized carbons (Fsp3) is 0.500. The molecule has 0 saturated heterocycles. The van der Waals surface area contributed by atoms with E-state index in [0.717, 1.165) is 17.9 Å². The maximum atomic E-state index is 5.78. The Morgan fingerprint density at radius 3 is 2.40 bits per heavy atom. The van der Waals surface area contributed by atoms with Crippen molar-refractivity contribution >= 4 is 11.6 Å². The zero-order valence-electron chi connectivity index (χ0n) is 9.42. The smallest absolute Gasteiger partial charge is 0.160 e. The summed E-state index contributed by atoms with van der Waals surface area (Å²) in [5, 5.41) is 0. The Labute approximate surface area is 96.2 Å². The van der Waals surface area contributed by atoms with Gasteiger partial charge < -0.3 is 9.47 Å². The Bertz CT molecular complexity index is 312. The standard InChI is InChI=1S/C12H17ClO2/c1-9(8-13)6-10-4-5-11(14-2)12(7-10)15-3/h4-5,7,9H,6,8H2,1-3H3. The molecule has 15 heavy (non-hydrogen) atoms. The van der Waals surface area contributed by atoms with Crippen molar-refractivity contribution in [3.8, 4) is 11.5 Å². The molecule has 0 amide bonds. The molecule has 1 aromatic carbocycles. The Morgan fingerprint density at radius 1 is 1.20 bits per heavy atom. The molecule has 1 aromatic rings. The van der Waals surface area contributed by atoms with Gasteiger partial charge in [-0.3, -0.25) is 0 Å². The van der Waals surface area contributed by atoms with Crippen LogP contribution in [0.2, 0.25) is 0 Å². The predicted octanol–water partition coefficient (Wildman–Crippen LogP) is 3.12. The van der Waals surface area contributed by atoms with E-state index in [1.165, 1.54) is 5.56 Å². The van der Waals surface area contributed by atoms with Crippen LogP contribution in [0.25, 0.3) is 0 Å². The van der Waals surface area contributed by atoms with Gasteiger partial charge in [0.1, 0.15) is 0 Å². The van der Waals surface area contributed by atoms with Crippen molar-refractivity contribution in [3.63, 3.8) is 0 Å². The van der Waals surface area contributed by atoms with E-state index in [1.54, 1.807) is 14.2 Å². The van der Waals surface area contributed by atoms with Crippen molar-refractivity contribution in [3.05, 3.63) is 23.8 Å². The average molecular weight is 229 g/mol. The molecular formula is C12H17ClO2. The third-order valence-corrected chi connectivity index (χ3v) is 2.82. The lowest BCUT2D eigenvalue weighted by atomic mass is 10.0. The molecule has 2 nitrogen and oxygen atoms in total. The largest absolute Gasteiger partial charge is 0.493 e. The second-order valence-electron chi connectivity index (χ2n) is 3.65. The van der Waals surface area contributed by atoms with Crippen LogP contribution in [-0.4, -0.2) is 20.1 Å². The molecule has 1 atom stereocenters. The highest BCUT2D eigenvalue weighted by molar-refractivity contribution is 6.18. The maximum Gasteiger partial charge on any atom is 0.160 e. The van der Waals surface area contributed by atoms with Gasteiger partial charge >= 0.3 is 0 Å². The topological polar surface area (TPSA) is 18.5 Å². The number of benzene rings is 1. The Balaban J connectivity index is 2.83. The summed E-state index contributed by atoms with van der Waals surface area (Å²) in [7, 11) is 3.28. The zero-order chi connectivity index (χ0) is 11.3. The minimum absolute atomic E-state index is 0.477. The highest BCUT2D eigenvalue weighted by Crippen LogP contribution is 2.28. The number of hydrogen-bond acceptors (Lipinski definition) is 2. The van der Waals surface area contributed by atoms with Crippen LogP contribution in [0.4, 0.5) is 0 Å².